The van der Waals surface area contributed by atoms with Gasteiger partial charge in [0.25, 0.3) is 5.89 Å². The van der Waals surface area contributed by atoms with Crippen LogP contribution in [-0.2, 0) is 4.79 Å². The number of nitrogens with zero attached hydrogens (tertiary/aromatic N) is 4. The second-order valence-electron chi connectivity index (χ2n) is 6.78. The first kappa shape index (κ1) is 17.2. The standard InChI is InChI=1S/C20H19FN4O2/c1-24(2)17-5-3-4-13(10-17)20-22-19(23-27-20)14-11-18(26)25(12-14)16-8-6-15(21)7-9-16/h3-10,14H,11-12H2,1-2H3. The average Bonchev–Trinajstić information content (AvgIpc) is 3.29. The number of aromatic nitrogens is 2. The smallest absolute Gasteiger partial charge is 0.258 e. The zero-order valence-corrected chi connectivity index (χ0v) is 15.1. The fraction of sp³-hybridized carbons (Fsp3) is 0.250. The molecule has 1 aliphatic heterocycles. The van der Waals surface area contributed by atoms with Crippen molar-refractivity contribution in [2.45, 2.75) is 12.3 Å². The second kappa shape index (κ2) is 6.83. The van der Waals surface area contributed by atoms with Crippen LogP contribution in [0.5, 0.6) is 0 Å². The summed E-state index contributed by atoms with van der Waals surface area (Å²) in [6.07, 6.45) is 0.300. The van der Waals surface area contributed by atoms with Crippen LogP contribution in [0.15, 0.2) is 53.1 Å². The summed E-state index contributed by atoms with van der Waals surface area (Å²) in [5.74, 6) is 0.425. The average molecular weight is 366 g/mol. The summed E-state index contributed by atoms with van der Waals surface area (Å²) in [4.78, 5) is 20.5. The van der Waals surface area contributed by atoms with Crippen molar-refractivity contribution in [2.75, 3.05) is 30.4 Å². The van der Waals surface area contributed by atoms with Gasteiger partial charge >= 0.3 is 0 Å². The van der Waals surface area contributed by atoms with Crippen LogP contribution in [0.2, 0.25) is 0 Å². The number of benzene rings is 2. The third kappa shape index (κ3) is 3.40. The molecule has 4 rings (SSSR count). The maximum atomic E-state index is 13.1. The van der Waals surface area contributed by atoms with Gasteiger partial charge in [-0.1, -0.05) is 11.2 Å². The lowest BCUT2D eigenvalue weighted by atomic mass is 10.1. The molecule has 1 fully saturated rings. The Morgan fingerprint density at radius 3 is 2.70 bits per heavy atom. The molecule has 1 atom stereocenters. The minimum absolute atomic E-state index is 0.0347. The summed E-state index contributed by atoms with van der Waals surface area (Å²) in [6, 6.07) is 13.7. The molecule has 1 unspecified atom stereocenters. The van der Waals surface area contributed by atoms with Crippen molar-refractivity contribution in [1.29, 1.82) is 0 Å². The minimum atomic E-state index is -0.329. The van der Waals surface area contributed by atoms with E-state index in [1.54, 1.807) is 17.0 Å². The van der Waals surface area contributed by atoms with Crippen LogP contribution in [0.3, 0.4) is 0 Å². The molecule has 0 N–H and O–H groups in total. The Morgan fingerprint density at radius 2 is 1.96 bits per heavy atom. The topological polar surface area (TPSA) is 62.5 Å². The van der Waals surface area contributed by atoms with Crippen LogP contribution < -0.4 is 9.80 Å². The van der Waals surface area contributed by atoms with Gasteiger partial charge in [-0.3, -0.25) is 4.79 Å². The normalized spacial score (nSPS) is 16.8. The van der Waals surface area contributed by atoms with Gasteiger partial charge in [0.05, 0.1) is 0 Å². The predicted octanol–water partition coefficient (Wildman–Crippen LogP) is 3.46. The van der Waals surface area contributed by atoms with E-state index in [2.05, 4.69) is 10.1 Å². The molecule has 138 valence electrons. The Labute approximate surface area is 156 Å². The Balaban J connectivity index is 1.54. The Bertz CT molecular complexity index is 968. The van der Waals surface area contributed by atoms with Gasteiger partial charge in [0, 0.05) is 49.9 Å². The van der Waals surface area contributed by atoms with E-state index in [4.69, 9.17) is 4.52 Å². The maximum absolute atomic E-state index is 13.1. The summed E-state index contributed by atoms with van der Waals surface area (Å²) >= 11 is 0. The summed E-state index contributed by atoms with van der Waals surface area (Å²) in [7, 11) is 3.93. The molecule has 1 aliphatic rings. The number of amides is 1. The van der Waals surface area contributed by atoms with Crippen molar-refractivity contribution in [3.8, 4) is 11.5 Å². The molecule has 1 aromatic heterocycles. The molecule has 3 aromatic rings. The SMILES string of the molecule is CN(C)c1cccc(-c2nc(C3CC(=O)N(c4ccc(F)cc4)C3)no2)c1. The van der Waals surface area contributed by atoms with Crippen LogP contribution in [-0.4, -0.2) is 36.7 Å². The summed E-state index contributed by atoms with van der Waals surface area (Å²) in [5.41, 5.74) is 2.54. The largest absolute Gasteiger partial charge is 0.378 e. The van der Waals surface area contributed by atoms with E-state index in [0.29, 0.717) is 30.4 Å². The van der Waals surface area contributed by atoms with Crippen LogP contribution in [0.25, 0.3) is 11.5 Å². The molecule has 27 heavy (non-hydrogen) atoms. The highest BCUT2D eigenvalue weighted by Gasteiger charge is 2.34. The van der Waals surface area contributed by atoms with Gasteiger partial charge in [0.1, 0.15) is 5.82 Å². The number of rotatable bonds is 4. The van der Waals surface area contributed by atoms with Crippen LogP contribution in [0, 0.1) is 5.82 Å². The quantitative estimate of drug-likeness (QED) is 0.708. The molecule has 0 bridgehead atoms. The van der Waals surface area contributed by atoms with Crippen LogP contribution in [0.1, 0.15) is 18.2 Å². The third-order valence-electron chi connectivity index (χ3n) is 4.68. The first-order chi connectivity index (χ1) is 13.0. The first-order valence-corrected chi connectivity index (χ1v) is 8.68. The minimum Gasteiger partial charge on any atom is -0.378 e. The summed E-state index contributed by atoms with van der Waals surface area (Å²) in [6.45, 7) is 0.446. The lowest BCUT2D eigenvalue weighted by Gasteiger charge is -2.15. The Hall–Kier alpha value is -3.22. The molecule has 0 spiro atoms. The molecule has 2 aromatic carbocycles. The van der Waals surface area contributed by atoms with Crippen molar-refractivity contribution < 1.29 is 13.7 Å². The van der Waals surface area contributed by atoms with E-state index in [-0.39, 0.29) is 17.6 Å². The van der Waals surface area contributed by atoms with Gasteiger partial charge in [0.2, 0.25) is 5.91 Å². The fourth-order valence-electron chi connectivity index (χ4n) is 3.19. The van der Waals surface area contributed by atoms with E-state index in [1.165, 1.54) is 12.1 Å². The molecule has 1 saturated heterocycles. The monoisotopic (exact) mass is 366 g/mol. The third-order valence-corrected chi connectivity index (χ3v) is 4.68. The van der Waals surface area contributed by atoms with E-state index in [0.717, 1.165) is 11.3 Å². The van der Waals surface area contributed by atoms with Gasteiger partial charge < -0.3 is 14.3 Å². The molecular formula is C20H19FN4O2. The highest BCUT2D eigenvalue weighted by Crippen LogP contribution is 2.32. The zero-order chi connectivity index (χ0) is 19.0. The van der Waals surface area contributed by atoms with E-state index in [9.17, 15) is 9.18 Å². The highest BCUT2D eigenvalue weighted by atomic mass is 19.1. The summed E-state index contributed by atoms with van der Waals surface area (Å²) in [5, 5.41) is 4.09. The van der Waals surface area contributed by atoms with Crippen molar-refractivity contribution in [3.05, 3.63) is 60.2 Å². The number of halogens is 1. The van der Waals surface area contributed by atoms with Crippen molar-refractivity contribution >= 4 is 17.3 Å². The number of hydrogen-bond donors (Lipinski definition) is 0. The van der Waals surface area contributed by atoms with Crippen molar-refractivity contribution in [1.82, 2.24) is 10.1 Å². The molecule has 2 heterocycles. The number of anilines is 2. The Kier molecular flexibility index (Phi) is 4.35. The number of carbonyl (C=O) groups excluding carboxylic acids is 1. The molecule has 0 aliphatic carbocycles. The van der Waals surface area contributed by atoms with E-state index >= 15 is 0 Å². The lowest BCUT2D eigenvalue weighted by Crippen LogP contribution is -2.24. The van der Waals surface area contributed by atoms with Gasteiger partial charge in [-0.25, -0.2) is 4.39 Å². The van der Waals surface area contributed by atoms with Gasteiger partial charge in [-0.2, -0.15) is 4.98 Å². The van der Waals surface area contributed by atoms with E-state index < -0.39 is 0 Å². The first-order valence-electron chi connectivity index (χ1n) is 8.68. The van der Waals surface area contributed by atoms with Gasteiger partial charge in [-0.05, 0) is 42.5 Å². The molecule has 0 radical (unpaired) electrons. The fourth-order valence-corrected chi connectivity index (χ4v) is 3.19. The Morgan fingerprint density at radius 1 is 1.19 bits per heavy atom. The van der Waals surface area contributed by atoms with Crippen LogP contribution in [0.4, 0.5) is 15.8 Å². The van der Waals surface area contributed by atoms with Gasteiger partial charge in [-0.15, -0.1) is 0 Å². The number of hydrogen-bond acceptors (Lipinski definition) is 5. The van der Waals surface area contributed by atoms with Gasteiger partial charge in [0.15, 0.2) is 5.82 Å². The lowest BCUT2D eigenvalue weighted by molar-refractivity contribution is -0.117. The van der Waals surface area contributed by atoms with Crippen molar-refractivity contribution in [2.24, 2.45) is 0 Å². The van der Waals surface area contributed by atoms with Crippen LogP contribution >= 0.6 is 0 Å². The molecule has 6 nitrogen and oxygen atoms in total. The summed E-state index contributed by atoms with van der Waals surface area (Å²) < 4.78 is 18.5. The maximum Gasteiger partial charge on any atom is 0.258 e. The van der Waals surface area contributed by atoms with E-state index in [1.807, 2.05) is 43.3 Å². The van der Waals surface area contributed by atoms with Crippen molar-refractivity contribution in [3.63, 3.8) is 0 Å². The number of carbonyl (C=O) groups is 1. The predicted molar refractivity (Wildman–Crippen MR) is 100 cm³/mol. The zero-order valence-electron chi connectivity index (χ0n) is 15.1. The second-order valence-corrected chi connectivity index (χ2v) is 6.78. The molecular weight excluding hydrogens is 347 g/mol. The molecule has 1 amide bonds. The highest BCUT2D eigenvalue weighted by molar-refractivity contribution is 5.96. The molecule has 7 heteroatoms. The molecule has 0 saturated carbocycles.